The Hall–Kier alpha value is -0.590. The third-order valence-corrected chi connectivity index (χ3v) is 2.51. The molecule has 2 saturated heterocycles. The van der Waals surface area contributed by atoms with Gasteiger partial charge in [-0.1, -0.05) is 0 Å². The molecule has 0 aromatic heterocycles. The van der Waals surface area contributed by atoms with E-state index < -0.39 is 0 Å². The molecule has 0 bridgehead atoms. The lowest BCUT2D eigenvalue weighted by molar-refractivity contribution is -0.00608. The molecule has 0 aliphatic carbocycles. The fraction of sp³-hybridized carbons (Fsp3) is 0.875. The molecule has 2 aliphatic rings. The van der Waals surface area contributed by atoms with E-state index in [1.165, 1.54) is 0 Å². The summed E-state index contributed by atoms with van der Waals surface area (Å²) in [6.45, 7) is 1.76. The van der Waals surface area contributed by atoms with Gasteiger partial charge in [-0.3, -0.25) is 4.90 Å². The predicted octanol–water partition coefficient (Wildman–Crippen LogP) is 0.721. The first-order valence-electron chi connectivity index (χ1n) is 4.19. The van der Waals surface area contributed by atoms with Crippen LogP contribution in [0.4, 0.5) is 0 Å². The van der Waals surface area contributed by atoms with Crippen molar-refractivity contribution in [2.45, 2.75) is 31.5 Å². The van der Waals surface area contributed by atoms with Crippen LogP contribution in [0.3, 0.4) is 0 Å². The highest BCUT2D eigenvalue weighted by molar-refractivity contribution is 4.96. The summed E-state index contributed by atoms with van der Waals surface area (Å²) in [6.07, 6.45) is 3.53. The maximum Gasteiger partial charge on any atom is 0.111 e. The molecular formula is C8H12N2O. The van der Waals surface area contributed by atoms with Gasteiger partial charge in [-0.2, -0.15) is 5.26 Å². The standard InChI is InChI=1S/C8H12N2O/c9-6-7-2-1-3-8-10(7)4-5-11-8/h7-8H,1-5H2/t7-,8-/m1/s1. The van der Waals surface area contributed by atoms with E-state index >= 15 is 0 Å². The van der Waals surface area contributed by atoms with Gasteiger partial charge in [0.15, 0.2) is 0 Å². The van der Waals surface area contributed by atoms with Crippen molar-refractivity contribution in [2.24, 2.45) is 0 Å². The van der Waals surface area contributed by atoms with Crippen molar-refractivity contribution in [1.82, 2.24) is 4.90 Å². The molecule has 2 aliphatic heterocycles. The molecule has 0 N–H and O–H groups in total. The van der Waals surface area contributed by atoms with Crippen LogP contribution < -0.4 is 0 Å². The summed E-state index contributed by atoms with van der Waals surface area (Å²) in [5, 5.41) is 8.79. The molecule has 0 saturated carbocycles. The Morgan fingerprint density at radius 3 is 3.18 bits per heavy atom. The van der Waals surface area contributed by atoms with Crippen molar-refractivity contribution in [3.63, 3.8) is 0 Å². The van der Waals surface area contributed by atoms with E-state index in [2.05, 4.69) is 11.0 Å². The molecule has 0 aromatic rings. The van der Waals surface area contributed by atoms with Crippen molar-refractivity contribution >= 4 is 0 Å². The lowest BCUT2D eigenvalue weighted by Crippen LogP contribution is -2.42. The van der Waals surface area contributed by atoms with Gasteiger partial charge < -0.3 is 4.74 Å². The summed E-state index contributed by atoms with van der Waals surface area (Å²) < 4.78 is 5.46. The maximum absolute atomic E-state index is 8.79. The Kier molecular flexibility index (Phi) is 1.80. The van der Waals surface area contributed by atoms with Crippen LogP contribution in [0.25, 0.3) is 0 Å². The molecule has 11 heavy (non-hydrogen) atoms. The molecule has 0 amide bonds. The Morgan fingerprint density at radius 2 is 2.36 bits per heavy atom. The predicted molar refractivity (Wildman–Crippen MR) is 39.7 cm³/mol. The molecule has 0 aromatic carbocycles. The molecule has 60 valence electrons. The van der Waals surface area contributed by atoms with Gasteiger partial charge in [0.1, 0.15) is 6.23 Å². The number of hydrogen-bond acceptors (Lipinski definition) is 3. The Morgan fingerprint density at radius 1 is 1.45 bits per heavy atom. The fourth-order valence-electron chi connectivity index (χ4n) is 1.93. The molecule has 3 heteroatoms. The van der Waals surface area contributed by atoms with Crippen LogP contribution in [0.1, 0.15) is 19.3 Å². The van der Waals surface area contributed by atoms with E-state index in [0.717, 1.165) is 32.4 Å². The Bertz CT molecular complexity index is 187. The van der Waals surface area contributed by atoms with Crippen molar-refractivity contribution < 1.29 is 4.74 Å². The number of nitrogens with zero attached hydrogens (tertiary/aromatic N) is 2. The van der Waals surface area contributed by atoms with E-state index in [1.807, 2.05) is 0 Å². The molecule has 2 rings (SSSR count). The van der Waals surface area contributed by atoms with E-state index in [0.29, 0.717) is 0 Å². The van der Waals surface area contributed by atoms with Gasteiger partial charge in [-0.15, -0.1) is 0 Å². The first-order chi connectivity index (χ1) is 5.42. The molecule has 3 nitrogen and oxygen atoms in total. The Labute approximate surface area is 66.5 Å². The summed E-state index contributed by atoms with van der Waals surface area (Å²) in [5.74, 6) is 0. The zero-order chi connectivity index (χ0) is 7.68. The van der Waals surface area contributed by atoms with Gasteiger partial charge >= 0.3 is 0 Å². The van der Waals surface area contributed by atoms with E-state index in [9.17, 15) is 0 Å². The topological polar surface area (TPSA) is 36.3 Å². The highest BCUT2D eigenvalue weighted by Gasteiger charge is 2.34. The molecule has 2 fully saturated rings. The molecule has 2 atom stereocenters. The lowest BCUT2D eigenvalue weighted by atomic mass is 10.0. The van der Waals surface area contributed by atoms with Crippen LogP contribution in [0, 0.1) is 11.3 Å². The number of nitriles is 1. The summed E-state index contributed by atoms with van der Waals surface area (Å²) in [7, 11) is 0. The maximum atomic E-state index is 8.79. The molecule has 0 radical (unpaired) electrons. The van der Waals surface area contributed by atoms with Crippen LogP contribution in [0.5, 0.6) is 0 Å². The minimum absolute atomic E-state index is 0.122. The summed E-state index contributed by atoms with van der Waals surface area (Å²) in [5.41, 5.74) is 0. The first-order valence-corrected chi connectivity index (χ1v) is 4.19. The number of piperidine rings is 1. The number of ether oxygens (including phenoxy) is 1. The van der Waals surface area contributed by atoms with Crippen LogP contribution in [-0.2, 0) is 4.74 Å². The number of rotatable bonds is 0. The van der Waals surface area contributed by atoms with Gasteiger partial charge in [-0.05, 0) is 19.3 Å². The minimum Gasteiger partial charge on any atom is -0.362 e. The highest BCUT2D eigenvalue weighted by atomic mass is 16.5. The fourth-order valence-corrected chi connectivity index (χ4v) is 1.93. The van der Waals surface area contributed by atoms with Crippen LogP contribution >= 0.6 is 0 Å². The second-order valence-corrected chi connectivity index (χ2v) is 3.14. The first kappa shape index (κ1) is 7.08. The third-order valence-electron chi connectivity index (χ3n) is 2.51. The zero-order valence-corrected chi connectivity index (χ0v) is 6.49. The van der Waals surface area contributed by atoms with Crippen molar-refractivity contribution in [1.29, 1.82) is 5.26 Å². The average molecular weight is 152 g/mol. The molecule has 0 unspecified atom stereocenters. The van der Waals surface area contributed by atoms with Gasteiger partial charge in [0.2, 0.25) is 0 Å². The largest absolute Gasteiger partial charge is 0.362 e. The number of fused-ring (bicyclic) bond motifs is 1. The summed E-state index contributed by atoms with van der Waals surface area (Å²) in [4.78, 5) is 2.18. The van der Waals surface area contributed by atoms with Gasteiger partial charge in [0.25, 0.3) is 0 Å². The molecule has 0 spiro atoms. The van der Waals surface area contributed by atoms with E-state index in [4.69, 9.17) is 10.00 Å². The molecule has 2 heterocycles. The van der Waals surface area contributed by atoms with E-state index in [-0.39, 0.29) is 12.3 Å². The quantitative estimate of drug-likeness (QED) is 0.513. The zero-order valence-electron chi connectivity index (χ0n) is 6.49. The second-order valence-electron chi connectivity index (χ2n) is 3.14. The van der Waals surface area contributed by atoms with Crippen LogP contribution in [0.15, 0.2) is 0 Å². The van der Waals surface area contributed by atoms with Crippen molar-refractivity contribution in [3.05, 3.63) is 0 Å². The third kappa shape index (κ3) is 1.13. The Balaban J connectivity index is 2.08. The smallest absolute Gasteiger partial charge is 0.111 e. The number of hydrogen-bond donors (Lipinski definition) is 0. The summed E-state index contributed by atoms with van der Waals surface area (Å²) in [6, 6.07) is 2.44. The lowest BCUT2D eigenvalue weighted by Gasteiger charge is -2.31. The van der Waals surface area contributed by atoms with Crippen LogP contribution in [0.2, 0.25) is 0 Å². The van der Waals surface area contributed by atoms with E-state index in [1.54, 1.807) is 0 Å². The van der Waals surface area contributed by atoms with Crippen LogP contribution in [-0.4, -0.2) is 30.3 Å². The molecular weight excluding hydrogens is 140 g/mol. The van der Waals surface area contributed by atoms with Crippen molar-refractivity contribution in [2.75, 3.05) is 13.2 Å². The summed E-state index contributed by atoms with van der Waals surface area (Å²) >= 11 is 0. The SMILES string of the molecule is N#C[C@H]1CCC[C@H]2OCCN12. The average Bonchev–Trinajstić information content (AvgIpc) is 2.50. The minimum atomic E-state index is 0.122. The van der Waals surface area contributed by atoms with Gasteiger partial charge in [0.05, 0.1) is 18.7 Å². The second kappa shape index (κ2) is 2.80. The highest BCUT2D eigenvalue weighted by Crippen LogP contribution is 2.26. The monoisotopic (exact) mass is 152 g/mol. The van der Waals surface area contributed by atoms with Crippen molar-refractivity contribution in [3.8, 4) is 6.07 Å². The normalized spacial score (nSPS) is 38.1. The van der Waals surface area contributed by atoms with Gasteiger partial charge in [0, 0.05) is 6.54 Å². The van der Waals surface area contributed by atoms with Gasteiger partial charge in [-0.25, -0.2) is 0 Å².